The van der Waals surface area contributed by atoms with Crippen LogP contribution in [0, 0.1) is 0 Å². The molecular formula is C13H15F2NO5. The first kappa shape index (κ1) is 16.8. The first-order chi connectivity index (χ1) is 9.93. The number of aliphatic carboxylic acids is 1. The molecule has 0 aliphatic heterocycles. The zero-order valence-electron chi connectivity index (χ0n) is 11.2. The molecule has 0 aromatic heterocycles. The van der Waals surface area contributed by atoms with Crippen LogP contribution in [0.3, 0.4) is 0 Å². The first-order valence-corrected chi connectivity index (χ1v) is 6.01. The summed E-state index contributed by atoms with van der Waals surface area (Å²) in [6, 6.07) is 3.84. The van der Waals surface area contributed by atoms with Crippen molar-refractivity contribution in [3.63, 3.8) is 0 Å². The van der Waals surface area contributed by atoms with Gasteiger partial charge >= 0.3 is 12.6 Å². The second-order valence-electron chi connectivity index (χ2n) is 4.05. The smallest absolute Gasteiger partial charge is 0.387 e. The van der Waals surface area contributed by atoms with Gasteiger partial charge in [0.2, 0.25) is 0 Å². The third-order valence-corrected chi connectivity index (χ3v) is 2.56. The Balaban J connectivity index is 2.67. The highest BCUT2D eigenvalue weighted by Crippen LogP contribution is 2.15. The van der Waals surface area contributed by atoms with E-state index >= 15 is 0 Å². The van der Waals surface area contributed by atoms with E-state index in [4.69, 9.17) is 9.84 Å². The van der Waals surface area contributed by atoms with Crippen molar-refractivity contribution in [2.45, 2.75) is 19.1 Å². The first-order valence-electron chi connectivity index (χ1n) is 6.01. The topological polar surface area (TPSA) is 84.9 Å². The molecule has 0 heterocycles. The highest BCUT2D eigenvalue weighted by atomic mass is 19.3. The Kier molecular flexibility index (Phi) is 6.54. The Morgan fingerprint density at radius 2 is 1.90 bits per heavy atom. The van der Waals surface area contributed by atoms with Crippen LogP contribution in [0.2, 0.25) is 0 Å². The van der Waals surface area contributed by atoms with Crippen LogP contribution >= 0.6 is 0 Å². The minimum absolute atomic E-state index is 0.0873. The van der Waals surface area contributed by atoms with Crippen molar-refractivity contribution < 1.29 is 33.0 Å². The van der Waals surface area contributed by atoms with Gasteiger partial charge < -0.3 is 19.9 Å². The summed E-state index contributed by atoms with van der Waals surface area (Å²) in [5.74, 6) is -1.89. The molecule has 21 heavy (non-hydrogen) atoms. The number of amides is 1. The van der Waals surface area contributed by atoms with Crippen molar-refractivity contribution in [3.8, 4) is 5.75 Å². The number of carboxylic acids is 1. The maximum atomic E-state index is 12.0. The van der Waals surface area contributed by atoms with Gasteiger partial charge in [-0.2, -0.15) is 8.78 Å². The minimum atomic E-state index is -2.95. The predicted molar refractivity (Wildman–Crippen MR) is 68.5 cm³/mol. The summed E-state index contributed by atoms with van der Waals surface area (Å²) in [4.78, 5) is 22.8. The number of carbonyl (C=O) groups excluding carboxylic acids is 1. The van der Waals surface area contributed by atoms with Gasteiger partial charge in [0.15, 0.2) is 0 Å². The molecule has 1 amide bonds. The molecule has 1 unspecified atom stereocenters. The summed E-state index contributed by atoms with van der Waals surface area (Å²) in [7, 11) is 1.42. The van der Waals surface area contributed by atoms with Gasteiger partial charge in [-0.3, -0.25) is 4.79 Å². The van der Waals surface area contributed by atoms with Crippen molar-refractivity contribution in [3.05, 3.63) is 29.8 Å². The van der Waals surface area contributed by atoms with Gasteiger partial charge in [-0.05, 0) is 24.3 Å². The number of carboxylic acid groups (broad SMARTS) is 1. The Morgan fingerprint density at radius 3 is 2.38 bits per heavy atom. The fraction of sp³-hybridized carbons (Fsp3) is 0.385. The van der Waals surface area contributed by atoms with Gasteiger partial charge in [0, 0.05) is 25.7 Å². The standard InChI is InChI=1S/C13H15F2NO5/c1-20-7-6-10(12(18)19)16-11(17)8-2-4-9(5-3-8)21-13(14)15/h2-5,10,13H,6-7H2,1H3,(H,16,17)(H,18,19). The summed E-state index contributed by atoms with van der Waals surface area (Å²) in [6.45, 7) is -2.77. The third kappa shape index (κ3) is 5.74. The summed E-state index contributed by atoms with van der Waals surface area (Å²) < 4.78 is 32.9. The molecular weight excluding hydrogens is 288 g/mol. The highest BCUT2D eigenvalue weighted by molar-refractivity contribution is 5.96. The van der Waals surface area contributed by atoms with E-state index in [-0.39, 0.29) is 24.3 Å². The second-order valence-corrected chi connectivity index (χ2v) is 4.05. The van der Waals surface area contributed by atoms with E-state index in [1.165, 1.54) is 31.4 Å². The number of rotatable bonds is 8. The molecule has 1 atom stereocenters. The van der Waals surface area contributed by atoms with Crippen LogP contribution in [-0.2, 0) is 9.53 Å². The molecule has 0 spiro atoms. The number of nitrogens with one attached hydrogen (secondary N) is 1. The maximum Gasteiger partial charge on any atom is 0.387 e. The molecule has 1 aromatic carbocycles. The van der Waals surface area contributed by atoms with Crippen molar-refractivity contribution in [2.75, 3.05) is 13.7 Å². The molecule has 6 nitrogen and oxygen atoms in total. The SMILES string of the molecule is COCCC(NC(=O)c1ccc(OC(F)F)cc1)C(=O)O. The summed E-state index contributed by atoms with van der Waals surface area (Å²) in [5.41, 5.74) is 0.139. The van der Waals surface area contributed by atoms with Gasteiger partial charge in [-0.25, -0.2) is 4.79 Å². The number of carbonyl (C=O) groups is 2. The average Bonchev–Trinajstić information content (AvgIpc) is 2.43. The number of methoxy groups -OCH3 is 1. The molecule has 0 fully saturated rings. The molecule has 0 radical (unpaired) electrons. The van der Waals surface area contributed by atoms with Crippen molar-refractivity contribution in [1.82, 2.24) is 5.32 Å². The molecule has 0 aliphatic rings. The zero-order chi connectivity index (χ0) is 15.8. The van der Waals surface area contributed by atoms with E-state index in [2.05, 4.69) is 10.1 Å². The lowest BCUT2D eigenvalue weighted by molar-refractivity contribution is -0.139. The predicted octanol–water partition coefficient (Wildman–Crippen LogP) is 1.51. The summed E-state index contributed by atoms with van der Waals surface area (Å²) >= 11 is 0. The molecule has 116 valence electrons. The number of alkyl halides is 2. The van der Waals surface area contributed by atoms with Crippen molar-refractivity contribution in [1.29, 1.82) is 0 Å². The maximum absolute atomic E-state index is 12.0. The summed E-state index contributed by atoms with van der Waals surface area (Å²) in [5, 5.41) is 11.3. The van der Waals surface area contributed by atoms with Crippen LogP contribution < -0.4 is 10.1 Å². The van der Waals surface area contributed by atoms with Gasteiger partial charge in [0.1, 0.15) is 11.8 Å². The van der Waals surface area contributed by atoms with E-state index in [1.807, 2.05) is 0 Å². The third-order valence-electron chi connectivity index (χ3n) is 2.56. The van der Waals surface area contributed by atoms with Crippen LogP contribution in [-0.4, -0.2) is 43.4 Å². The molecule has 1 aromatic rings. The number of benzene rings is 1. The number of ether oxygens (including phenoxy) is 2. The fourth-order valence-electron chi connectivity index (χ4n) is 1.52. The highest BCUT2D eigenvalue weighted by Gasteiger charge is 2.20. The molecule has 8 heteroatoms. The second kappa shape index (κ2) is 8.15. The zero-order valence-corrected chi connectivity index (χ0v) is 11.2. The Labute approximate surface area is 119 Å². The van der Waals surface area contributed by atoms with Gasteiger partial charge in [-0.1, -0.05) is 0 Å². The Hall–Kier alpha value is -2.22. The van der Waals surface area contributed by atoms with E-state index < -0.39 is 24.5 Å². The van der Waals surface area contributed by atoms with Crippen molar-refractivity contribution in [2.24, 2.45) is 0 Å². The number of hydrogen-bond donors (Lipinski definition) is 2. The molecule has 0 saturated heterocycles. The van der Waals surface area contributed by atoms with Gasteiger partial charge in [0.05, 0.1) is 0 Å². The molecule has 0 bridgehead atoms. The van der Waals surface area contributed by atoms with Crippen LogP contribution in [0.25, 0.3) is 0 Å². The Bertz CT molecular complexity index is 478. The largest absolute Gasteiger partial charge is 0.480 e. The lowest BCUT2D eigenvalue weighted by Crippen LogP contribution is -2.41. The van der Waals surface area contributed by atoms with E-state index in [0.29, 0.717) is 0 Å². The minimum Gasteiger partial charge on any atom is -0.480 e. The molecule has 2 N–H and O–H groups in total. The fourth-order valence-corrected chi connectivity index (χ4v) is 1.52. The molecule has 0 saturated carbocycles. The van der Waals surface area contributed by atoms with Gasteiger partial charge in [0.25, 0.3) is 5.91 Å². The average molecular weight is 303 g/mol. The van der Waals surface area contributed by atoms with Crippen LogP contribution in [0.1, 0.15) is 16.8 Å². The quantitative estimate of drug-likeness (QED) is 0.760. The van der Waals surface area contributed by atoms with Gasteiger partial charge in [-0.15, -0.1) is 0 Å². The van der Waals surface area contributed by atoms with E-state index in [9.17, 15) is 18.4 Å². The lowest BCUT2D eigenvalue weighted by atomic mass is 10.1. The molecule has 0 aliphatic carbocycles. The van der Waals surface area contributed by atoms with Crippen LogP contribution in [0.4, 0.5) is 8.78 Å². The van der Waals surface area contributed by atoms with E-state index in [1.54, 1.807) is 0 Å². The lowest BCUT2D eigenvalue weighted by Gasteiger charge is -2.14. The van der Waals surface area contributed by atoms with Crippen molar-refractivity contribution >= 4 is 11.9 Å². The number of hydrogen-bond acceptors (Lipinski definition) is 4. The Morgan fingerprint density at radius 1 is 1.29 bits per heavy atom. The van der Waals surface area contributed by atoms with Crippen LogP contribution in [0.15, 0.2) is 24.3 Å². The van der Waals surface area contributed by atoms with E-state index in [0.717, 1.165) is 0 Å². The molecule has 1 rings (SSSR count). The van der Waals surface area contributed by atoms with Crippen LogP contribution in [0.5, 0.6) is 5.75 Å². The summed E-state index contributed by atoms with van der Waals surface area (Å²) in [6.07, 6.45) is 0.115. The number of halogens is 2. The monoisotopic (exact) mass is 303 g/mol. The normalized spacial score (nSPS) is 12.0.